The maximum absolute atomic E-state index is 13.2. The Balaban J connectivity index is 2.28. The van der Waals surface area contributed by atoms with Gasteiger partial charge in [0.2, 0.25) is 11.8 Å². The Hall–Kier alpha value is -1.91. The summed E-state index contributed by atoms with van der Waals surface area (Å²) in [5.74, 6) is -0.464. The van der Waals surface area contributed by atoms with Gasteiger partial charge in [-0.1, -0.05) is 19.9 Å². The molecular weight excluding hydrogens is 271 g/mol. The molecular formula is C16H21FN2O2. The molecule has 1 aliphatic heterocycles. The molecule has 1 fully saturated rings. The Kier molecular flexibility index (Phi) is 4.60. The molecule has 1 saturated heterocycles. The molecule has 0 aromatic heterocycles. The van der Waals surface area contributed by atoms with Gasteiger partial charge in [-0.15, -0.1) is 0 Å². The van der Waals surface area contributed by atoms with Gasteiger partial charge in [-0.3, -0.25) is 9.59 Å². The Labute approximate surface area is 124 Å². The molecule has 1 heterocycles. The van der Waals surface area contributed by atoms with Crippen LogP contribution in [0.5, 0.6) is 0 Å². The van der Waals surface area contributed by atoms with Crippen molar-refractivity contribution in [3.8, 4) is 0 Å². The molecule has 1 aliphatic rings. The van der Waals surface area contributed by atoms with Crippen LogP contribution in [0.1, 0.15) is 37.8 Å². The summed E-state index contributed by atoms with van der Waals surface area (Å²) >= 11 is 0. The van der Waals surface area contributed by atoms with Gasteiger partial charge in [-0.05, 0) is 43.0 Å². The smallest absolute Gasteiger partial charge is 0.246 e. The third-order valence-corrected chi connectivity index (χ3v) is 4.02. The fourth-order valence-electron chi connectivity index (χ4n) is 2.72. The fraction of sp³-hybridized carbons (Fsp3) is 0.500. The summed E-state index contributed by atoms with van der Waals surface area (Å²) in [5, 5.41) is 2.77. The zero-order chi connectivity index (χ0) is 15.6. The molecule has 114 valence electrons. The molecule has 1 N–H and O–H groups in total. The largest absolute Gasteiger partial charge is 0.343 e. The van der Waals surface area contributed by atoms with Gasteiger partial charge < -0.3 is 10.2 Å². The molecule has 1 aromatic rings. The lowest BCUT2D eigenvalue weighted by Crippen LogP contribution is -2.62. The molecule has 0 aliphatic carbocycles. The lowest BCUT2D eigenvalue weighted by atomic mass is 10.0. The van der Waals surface area contributed by atoms with Gasteiger partial charge in [-0.25, -0.2) is 4.39 Å². The van der Waals surface area contributed by atoms with E-state index in [0.717, 1.165) is 11.1 Å². The van der Waals surface area contributed by atoms with Gasteiger partial charge in [-0.2, -0.15) is 0 Å². The zero-order valence-corrected chi connectivity index (χ0v) is 12.6. The van der Waals surface area contributed by atoms with E-state index in [1.165, 1.54) is 12.1 Å². The fourth-order valence-corrected chi connectivity index (χ4v) is 2.72. The van der Waals surface area contributed by atoms with Crippen molar-refractivity contribution in [3.05, 3.63) is 35.1 Å². The second-order valence-corrected chi connectivity index (χ2v) is 5.43. The number of benzene rings is 1. The third-order valence-electron chi connectivity index (χ3n) is 4.02. The number of hydrogen-bond donors (Lipinski definition) is 1. The minimum Gasteiger partial charge on any atom is -0.343 e. The van der Waals surface area contributed by atoms with E-state index >= 15 is 0 Å². The number of piperazine rings is 1. The van der Waals surface area contributed by atoms with Crippen molar-refractivity contribution in [2.75, 3.05) is 0 Å². The second kappa shape index (κ2) is 6.24. The lowest BCUT2D eigenvalue weighted by Gasteiger charge is -2.38. The maximum atomic E-state index is 13.2. The number of carbonyl (C=O) groups excluding carboxylic acids is 2. The average Bonchev–Trinajstić information content (AvgIpc) is 2.45. The predicted molar refractivity (Wildman–Crippen MR) is 78.0 cm³/mol. The van der Waals surface area contributed by atoms with E-state index in [0.29, 0.717) is 19.4 Å². The molecule has 4 nitrogen and oxygen atoms in total. The standard InChI is InChI=1S/C16H21FN2O2/c1-4-13-16(21)19(14(5-2)15(20)18-13)9-11-6-7-12(17)8-10(11)3/h6-8,13-14H,4-5,9H2,1-3H3,(H,18,20). The third kappa shape index (κ3) is 3.06. The first-order valence-corrected chi connectivity index (χ1v) is 7.33. The van der Waals surface area contributed by atoms with E-state index < -0.39 is 12.1 Å². The molecule has 2 unspecified atom stereocenters. The van der Waals surface area contributed by atoms with Crippen LogP contribution >= 0.6 is 0 Å². The highest BCUT2D eigenvalue weighted by molar-refractivity contribution is 5.96. The van der Waals surface area contributed by atoms with Crippen molar-refractivity contribution < 1.29 is 14.0 Å². The molecule has 0 saturated carbocycles. The molecule has 0 spiro atoms. The van der Waals surface area contributed by atoms with Gasteiger partial charge in [0.05, 0.1) is 0 Å². The molecule has 2 atom stereocenters. The highest BCUT2D eigenvalue weighted by Gasteiger charge is 2.38. The highest BCUT2D eigenvalue weighted by atomic mass is 19.1. The monoisotopic (exact) mass is 292 g/mol. The molecule has 1 aromatic carbocycles. The summed E-state index contributed by atoms with van der Waals surface area (Å²) in [6, 6.07) is 3.60. The predicted octanol–water partition coefficient (Wildman–Crippen LogP) is 2.15. The van der Waals surface area contributed by atoms with Crippen LogP contribution in [0.2, 0.25) is 0 Å². The summed E-state index contributed by atoms with van der Waals surface area (Å²) in [6.07, 6.45) is 1.13. The minimum atomic E-state index is -0.457. The van der Waals surface area contributed by atoms with Crippen molar-refractivity contribution in [2.45, 2.75) is 52.2 Å². The first kappa shape index (κ1) is 15.5. The van der Waals surface area contributed by atoms with Crippen molar-refractivity contribution in [2.24, 2.45) is 0 Å². The number of nitrogens with one attached hydrogen (secondary N) is 1. The normalized spacial score (nSPS) is 22.4. The first-order chi connectivity index (χ1) is 9.97. The zero-order valence-electron chi connectivity index (χ0n) is 12.6. The lowest BCUT2D eigenvalue weighted by molar-refractivity contribution is -0.150. The summed E-state index contributed by atoms with van der Waals surface area (Å²) in [4.78, 5) is 26.2. The molecule has 2 amide bonds. The number of aryl methyl sites for hydroxylation is 1. The number of carbonyl (C=O) groups is 2. The van der Waals surface area contributed by atoms with Crippen molar-refractivity contribution in [1.29, 1.82) is 0 Å². The summed E-state index contributed by atoms with van der Waals surface area (Å²) < 4.78 is 13.2. The van der Waals surface area contributed by atoms with E-state index in [9.17, 15) is 14.0 Å². The van der Waals surface area contributed by atoms with Gasteiger partial charge in [0.25, 0.3) is 0 Å². The first-order valence-electron chi connectivity index (χ1n) is 7.33. The quantitative estimate of drug-likeness (QED) is 0.924. The SMILES string of the molecule is CCC1NC(=O)C(CC)N(Cc2ccc(F)cc2C)C1=O. The molecule has 0 radical (unpaired) electrons. The van der Waals surface area contributed by atoms with Crippen molar-refractivity contribution in [3.63, 3.8) is 0 Å². The Morgan fingerprint density at radius 1 is 1.24 bits per heavy atom. The highest BCUT2D eigenvalue weighted by Crippen LogP contribution is 2.20. The van der Waals surface area contributed by atoms with Crippen LogP contribution in [-0.4, -0.2) is 28.8 Å². The van der Waals surface area contributed by atoms with E-state index in [4.69, 9.17) is 0 Å². The van der Waals surface area contributed by atoms with Crippen LogP contribution in [0.3, 0.4) is 0 Å². The van der Waals surface area contributed by atoms with E-state index in [-0.39, 0.29) is 17.6 Å². The topological polar surface area (TPSA) is 49.4 Å². The molecule has 5 heteroatoms. The van der Waals surface area contributed by atoms with Gasteiger partial charge in [0.15, 0.2) is 0 Å². The van der Waals surface area contributed by atoms with Crippen LogP contribution < -0.4 is 5.32 Å². The van der Waals surface area contributed by atoms with Crippen LogP contribution in [0.25, 0.3) is 0 Å². The van der Waals surface area contributed by atoms with Gasteiger partial charge in [0, 0.05) is 6.54 Å². The summed E-state index contributed by atoms with van der Waals surface area (Å²) in [7, 11) is 0. The number of rotatable bonds is 4. The second-order valence-electron chi connectivity index (χ2n) is 5.43. The van der Waals surface area contributed by atoms with E-state index in [2.05, 4.69) is 5.32 Å². The van der Waals surface area contributed by atoms with Crippen molar-refractivity contribution >= 4 is 11.8 Å². The van der Waals surface area contributed by atoms with Crippen LogP contribution in [0, 0.1) is 12.7 Å². The van der Waals surface area contributed by atoms with Crippen LogP contribution in [0.15, 0.2) is 18.2 Å². The Morgan fingerprint density at radius 3 is 2.52 bits per heavy atom. The number of halogens is 1. The van der Waals surface area contributed by atoms with Gasteiger partial charge >= 0.3 is 0 Å². The van der Waals surface area contributed by atoms with Crippen molar-refractivity contribution in [1.82, 2.24) is 10.2 Å². The Bertz CT molecular complexity index is 559. The molecule has 2 rings (SSSR count). The molecule has 21 heavy (non-hydrogen) atoms. The maximum Gasteiger partial charge on any atom is 0.246 e. The number of nitrogens with zero attached hydrogens (tertiary/aromatic N) is 1. The van der Waals surface area contributed by atoms with E-state index in [1.807, 2.05) is 20.8 Å². The van der Waals surface area contributed by atoms with Crippen LogP contribution in [-0.2, 0) is 16.1 Å². The number of amides is 2. The number of hydrogen-bond acceptors (Lipinski definition) is 2. The average molecular weight is 292 g/mol. The van der Waals surface area contributed by atoms with E-state index in [1.54, 1.807) is 11.0 Å². The minimum absolute atomic E-state index is 0.0623. The summed E-state index contributed by atoms with van der Waals surface area (Å²) in [5.41, 5.74) is 1.66. The summed E-state index contributed by atoms with van der Waals surface area (Å²) in [6.45, 7) is 5.91. The van der Waals surface area contributed by atoms with Gasteiger partial charge in [0.1, 0.15) is 17.9 Å². The molecule has 0 bridgehead atoms. The van der Waals surface area contributed by atoms with Crippen LogP contribution in [0.4, 0.5) is 4.39 Å². The Morgan fingerprint density at radius 2 is 1.95 bits per heavy atom.